The van der Waals surface area contributed by atoms with E-state index in [1.807, 2.05) is 72.8 Å². The maximum absolute atomic E-state index is 13.3. The Bertz CT molecular complexity index is 1520. The summed E-state index contributed by atoms with van der Waals surface area (Å²) < 4.78 is 7.01. The third-order valence-corrected chi connectivity index (χ3v) is 6.06. The molecule has 0 aliphatic carbocycles. The maximum Gasteiger partial charge on any atom is 0.340 e. The van der Waals surface area contributed by atoms with Crippen molar-refractivity contribution in [2.45, 2.75) is 19.6 Å². The molecule has 0 fully saturated rings. The average molecular weight is 499 g/mol. The zero-order valence-corrected chi connectivity index (χ0v) is 20.3. The van der Waals surface area contributed by atoms with Crippen molar-refractivity contribution in [2.24, 2.45) is 0 Å². The van der Waals surface area contributed by atoms with Gasteiger partial charge in [-0.25, -0.2) is 14.5 Å². The van der Waals surface area contributed by atoms with E-state index in [2.05, 4.69) is 10.3 Å². The fraction of sp³-hybridized carbons (Fsp3) is 0.143. The number of benzene rings is 3. The summed E-state index contributed by atoms with van der Waals surface area (Å²) in [5.41, 5.74) is 4.16. The normalized spacial score (nSPS) is 12.0. The van der Waals surface area contributed by atoms with Crippen LogP contribution in [0.15, 0.2) is 85.1 Å². The van der Waals surface area contributed by atoms with Crippen molar-refractivity contribution in [2.75, 3.05) is 6.61 Å². The minimum atomic E-state index is -0.920. The van der Waals surface area contributed by atoms with Gasteiger partial charge >= 0.3 is 5.97 Å². The average Bonchev–Trinajstić information content (AvgIpc) is 3.37. The van der Waals surface area contributed by atoms with Crippen LogP contribution in [0.25, 0.3) is 22.0 Å². The van der Waals surface area contributed by atoms with Crippen molar-refractivity contribution in [3.63, 3.8) is 0 Å². The molecule has 5 aromatic rings. The van der Waals surface area contributed by atoms with Crippen LogP contribution in [0.3, 0.4) is 0 Å². The maximum atomic E-state index is 13.3. The summed E-state index contributed by atoms with van der Waals surface area (Å²) in [6, 6.07) is 24.3. The molecule has 0 saturated heterocycles. The lowest BCUT2D eigenvalue weighted by Crippen LogP contribution is -2.15. The predicted molar refractivity (Wildman–Crippen MR) is 138 cm³/mol. The van der Waals surface area contributed by atoms with Gasteiger partial charge in [-0.2, -0.15) is 0 Å². The van der Waals surface area contributed by atoms with E-state index in [4.69, 9.17) is 21.3 Å². The first-order valence-corrected chi connectivity index (χ1v) is 11.9. The van der Waals surface area contributed by atoms with Gasteiger partial charge in [0.2, 0.25) is 0 Å². The van der Waals surface area contributed by atoms with E-state index in [0.717, 1.165) is 10.9 Å². The minimum absolute atomic E-state index is 0.154. The van der Waals surface area contributed by atoms with Gasteiger partial charge in [-0.1, -0.05) is 77.5 Å². The quantitative estimate of drug-likeness (QED) is 0.300. The molecule has 1 atom stereocenters. The summed E-state index contributed by atoms with van der Waals surface area (Å²) in [6.45, 7) is 2.14. The predicted octanol–water partition coefficient (Wildman–Crippen LogP) is 5.45. The number of aliphatic hydroxyl groups is 1. The second-order valence-corrected chi connectivity index (χ2v) is 8.65. The molecule has 0 aliphatic rings. The molecule has 1 unspecified atom stereocenters. The number of halogens is 1. The molecule has 5 rings (SSSR count). The summed E-state index contributed by atoms with van der Waals surface area (Å²) in [7, 11) is 0. The van der Waals surface area contributed by atoms with Crippen LogP contribution >= 0.6 is 11.6 Å². The molecule has 2 heterocycles. The molecule has 7 nitrogen and oxygen atoms in total. The van der Waals surface area contributed by atoms with Crippen LogP contribution in [0.2, 0.25) is 5.02 Å². The van der Waals surface area contributed by atoms with Gasteiger partial charge in [0, 0.05) is 16.0 Å². The number of nitrogens with zero attached hydrogens (tertiary/aromatic N) is 4. The third-order valence-electron chi connectivity index (χ3n) is 5.83. The van der Waals surface area contributed by atoms with Gasteiger partial charge < -0.3 is 9.84 Å². The lowest BCUT2D eigenvalue weighted by molar-refractivity contribution is 0.0525. The van der Waals surface area contributed by atoms with E-state index >= 15 is 0 Å². The number of esters is 1. The number of aromatic nitrogens is 4. The van der Waals surface area contributed by atoms with Crippen molar-refractivity contribution in [1.29, 1.82) is 0 Å². The Morgan fingerprint density at radius 2 is 1.78 bits per heavy atom. The van der Waals surface area contributed by atoms with Crippen molar-refractivity contribution >= 4 is 28.5 Å². The van der Waals surface area contributed by atoms with E-state index in [9.17, 15) is 9.90 Å². The largest absolute Gasteiger partial charge is 0.462 e. The molecule has 2 aromatic heterocycles. The summed E-state index contributed by atoms with van der Waals surface area (Å²) in [6.07, 6.45) is 0.735. The number of aliphatic hydroxyl groups excluding tert-OH is 1. The molecule has 0 radical (unpaired) electrons. The van der Waals surface area contributed by atoms with E-state index < -0.39 is 12.1 Å². The van der Waals surface area contributed by atoms with Crippen LogP contribution in [-0.2, 0) is 11.3 Å². The van der Waals surface area contributed by atoms with Gasteiger partial charge in [-0.15, -0.1) is 5.10 Å². The fourth-order valence-corrected chi connectivity index (χ4v) is 4.38. The Morgan fingerprint density at radius 1 is 1.06 bits per heavy atom. The Hall–Kier alpha value is -4.07. The van der Waals surface area contributed by atoms with Gasteiger partial charge in [0.15, 0.2) is 0 Å². The molecule has 36 heavy (non-hydrogen) atoms. The zero-order chi connectivity index (χ0) is 25.1. The molecular weight excluding hydrogens is 476 g/mol. The van der Waals surface area contributed by atoms with Crippen LogP contribution in [0.1, 0.15) is 40.3 Å². The highest BCUT2D eigenvalue weighted by Crippen LogP contribution is 2.35. The smallest absolute Gasteiger partial charge is 0.340 e. The van der Waals surface area contributed by atoms with E-state index in [-0.39, 0.29) is 13.2 Å². The lowest BCUT2D eigenvalue weighted by Gasteiger charge is -2.17. The number of rotatable bonds is 7. The highest BCUT2D eigenvalue weighted by atomic mass is 35.5. The number of carbonyl (C=O) groups excluding carboxylic acids is 1. The van der Waals surface area contributed by atoms with Crippen LogP contribution in [-0.4, -0.2) is 37.7 Å². The molecule has 3 aromatic carbocycles. The molecule has 8 heteroatoms. The molecule has 180 valence electrons. The number of ether oxygens (including phenoxy) is 1. The first-order valence-electron chi connectivity index (χ1n) is 11.5. The van der Waals surface area contributed by atoms with E-state index in [1.54, 1.807) is 23.9 Å². The monoisotopic (exact) mass is 498 g/mol. The van der Waals surface area contributed by atoms with Crippen molar-refractivity contribution in [3.8, 4) is 11.1 Å². The minimum Gasteiger partial charge on any atom is -0.462 e. The summed E-state index contributed by atoms with van der Waals surface area (Å²) in [4.78, 5) is 18.1. The molecule has 0 spiro atoms. The summed E-state index contributed by atoms with van der Waals surface area (Å²) >= 11 is 6.33. The molecule has 0 saturated carbocycles. The fourth-order valence-electron chi connectivity index (χ4n) is 4.20. The highest BCUT2D eigenvalue weighted by Gasteiger charge is 2.24. The number of fused-ring (bicyclic) bond motifs is 1. The standard InChI is InChI=1S/C28H23ClN4O3/c1-2-36-28(35)26-23(16-33-17-24(31-32-33)27(34)19-11-7-4-8-12-19)30-22-14-13-20(29)15-21(22)25(26)18-9-5-3-6-10-18/h3-15,17,27,34H,2,16H2,1H3. The second-order valence-electron chi connectivity index (χ2n) is 8.21. The highest BCUT2D eigenvalue weighted by molar-refractivity contribution is 6.31. The van der Waals surface area contributed by atoms with Crippen molar-refractivity contribution in [3.05, 3.63) is 113 Å². The lowest BCUT2D eigenvalue weighted by atomic mass is 9.94. The SMILES string of the molecule is CCOC(=O)c1c(Cn2cc(C(O)c3ccccc3)nn2)nc2ccc(Cl)cc2c1-c1ccccc1. The Labute approximate surface area is 212 Å². The van der Waals surface area contributed by atoms with Crippen LogP contribution in [0.4, 0.5) is 0 Å². The van der Waals surface area contributed by atoms with Crippen LogP contribution < -0.4 is 0 Å². The van der Waals surface area contributed by atoms with Gasteiger partial charge in [-0.05, 0) is 36.2 Å². The van der Waals surface area contributed by atoms with Gasteiger partial charge in [0.1, 0.15) is 11.8 Å². The number of carbonyl (C=O) groups is 1. The van der Waals surface area contributed by atoms with Gasteiger partial charge in [0.05, 0.1) is 36.1 Å². The molecule has 1 N–H and O–H groups in total. The second kappa shape index (κ2) is 10.3. The van der Waals surface area contributed by atoms with E-state index in [1.165, 1.54) is 0 Å². The van der Waals surface area contributed by atoms with Gasteiger partial charge in [0.25, 0.3) is 0 Å². The zero-order valence-electron chi connectivity index (χ0n) is 19.5. The van der Waals surface area contributed by atoms with Crippen LogP contribution in [0, 0.1) is 0 Å². The van der Waals surface area contributed by atoms with Crippen molar-refractivity contribution < 1.29 is 14.6 Å². The molecule has 0 aliphatic heterocycles. The third kappa shape index (κ3) is 4.71. The first kappa shape index (κ1) is 23.7. The van der Waals surface area contributed by atoms with Crippen molar-refractivity contribution in [1.82, 2.24) is 20.0 Å². The first-order chi connectivity index (χ1) is 17.5. The Balaban J connectivity index is 1.64. The molecule has 0 bridgehead atoms. The molecule has 0 amide bonds. The van der Waals surface area contributed by atoms with E-state index in [0.29, 0.717) is 38.6 Å². The van der Waals surface area contributed by atoms with Gasteiger partial charge in [-0.3, -0.25) is 0 Å². The summed E-state index contributed by atoms with van der Waals surface area (Å²) in [5, 5.41) is 20.4. The summed E-state index contributed by atoms with van der Waals surface area (Å²) in [5.74, 6) is -0.481. The number of hydrogen-bond donors (Lipinski definition) is 1. The number of pyridine rings is 1. The topological polar surface area (TPSA) is 90.1 Å². The number of hydrogen-bond acceptors (Lipinski definition) is 6. The molecular formula is C28H23ClN4O3. The Morgan fingerprint density at radius 3 is 2.50 bits per heavy atom. The Kier molecular flexibility index (Phi) is 6.75. The van der Waals surface area contributed by atoms with Crippen LogP contribution in [0.5, 0.6) is 0 Å².